The molecule has 4 heteroatoms. The number of ether oxygens (including phenoxy) is 2. The highest BCUT2D eigenvalue weighted by Crippen LogP contribution is 2.49. The second kappa shape index (κ2) is 4.86. The Morgan fingerprint density at radius 3 is 2.53 bits per heavy atom. The minimum atomic E-state index is -0.470. The van der Waals surface area contributed by atoms with E-state index in [1.807, 2.05) is 6.07 Å². The Kier molecular flexibility index (Phi) is 3.64. The fourth-order valence-corrected chi connectivity index (χ4v) is 3.14. The highest BCUT2D eigenvalue weighted by molar-refractivity contribution is 9.10. The summed E-state index contributed by atoms with van der Waals surface area (Å²) in [5, 5.41) is 10.2. The van der Waals surface area contributed by atoms with Crippen molar-refractivity contribution in [1.29, 1.82) is 0 Å². The van der Waals surface area contributed by atoms with Crippen molar-refractivity contribution in [3.63, 3.8) is 0 Å². The summed E-state index contributed by atoms with van der Waals surface area (Å²) in [4.78, 5) is 0. The maximum Gasteiger partial charge on any atom is 0.139 e. The third kappa shape index (κ3) is 2.04. The van der Waals surface area contributed by atoms with E-state index in [2.05, 4.69) is 22.9 Å². The van der Waals surface area contributed by atoms with Crippen molar-refractivity contribution in [1.82, 2.24) is 0 Å². The van der Waals surface area contributed by atoms with E-state index in [4.69, 9.17) is 9.47 Å². The van der Waals surface area contributed by atoms with E-state index in [-0.39, 0.29) is 0 Å². The van der Waals surface area contributed by atoms with Gasteiger partial charge in [0.25, 0.3) is 0 Å². The van der Waals surface area contributed by atoms with Crippen LogP contribution in [-0.2, 0) is 0 Å². The number of aliphatic hydroxyl groups is 1. The molecule has 94 valence electrons. The van der Waals surface area contributed by atoms with Gasteiger partial charge in [-0.1, -0.05) is 6.92 Å². The van der Waals surface area contributed by atoms with Gasteiger partial charge in [-0.2, -0.15) is 0 Å². The van der Waals surface area contributed by atoms with Crippen LogP contribution in [0.5, 0.6) is 11.5 Å². The van der Waals surface area contributed by atoms with Crippen LogP contribution in [0.15, 0.2) is 10.5 Å². The van der Waals surface area contributed by atoms with Crippen LogP contribution in [0.2, 0.25) is 0 Å². The van der Waals surface area contributed by atoms with Gasteiger partial charge < -0.3 is 14.6 Å². The fraction of sp³-hybridized carbons (Fsp3) is 0.538. The number of halogens is 1. The van der Waals surface area contributed by atoms with Crippen LogP contribution in [0, 0.1) is 0 Å². The van der Waals surface area contributed by atoms with E-state index in [1.54, 1.807) is 14.2 Å². The molecule has 0 spiro atoms. The van der Waals surface area contributed by atoms with E-state index < -0.39 is 6.10 Å². The molecular formula is C13H17BrO3. The number of aliphatic hydroxyl groups excluding tert-OH is 1. The van der Waals surface area contributed by atoms with E-state index in [9.17, 15) is 5.11 Å². The Hall–Kier alpha value is -0.740. The quantitative estimate of drug-likeness (QED) is 0.910. The molecule has 2 atom stereocenters. The Morgan fingerprint density at radius 2 is 1.94 bits per heavy atom. The molecule has 1 N–H and O–H groups in total. The Labute approximate surface area is 110 Å². The standard InChI is InChI=1S/C13H17BrO3/c1-7-4-5-9(15)12-11(7)10(16-2)6-8(14)13(12)17-3/h6-7,9,15H,4-5H2,1-3H3/t7?,9-/m0/s1. The van der Waals surface area contributed by atoms with Crippen LogP contribution < -0.4 is 9.47 Å². The van der Waals surface area contributed by atoms with Gasteiger partial charge in [0.05, 0.1) is 24.8 Å². The smallest absolute Gasteiger partial charge is 0.139 e. The molecule has 0 heterocycles. The van der Waals surface area contributed by atoms with Gasteiger partial charge in [-0.15, -0.1) is 0 Å². The van der Waals surface area contributed by atoms with Gasteiger partial charge >= 0.3 is 0 Å². The Morgan fingerprint density at radius 1 is 1.24 bits per heavy atom. The molecule has 0 saturated heterocycles. The maximum absolute atomic E-state index is 10.2. The molecule has 0 radical (unpaired) electrons. The summed E-state index contributed by atoms with van der Waals surface area (Å²) < 4.78 is 11.6. The molecule has 1 aromatic rings. The minimum Gasteiger partial charge on any atom is -0.496 e. The first-order valence-corrected chi connectivity index (χ1v) is 6.51. The zero-order valence-corrected chi connectivity index (χ0v) is 11.9. The summed E-state index contributed by atoms with van der Waals surface area (Å²) in [6.45, 7) is 2.15. The van der Waals surface area contributed by atoms with Crippen LogP contribution in [0.4, 0.5) is 0 Å². The number of hydrogen-bond donors (Lipinski definition) is 1. The third-order valence-corrected chi connectivity index (χ3v) is 3.99. The lowest BCUT2D eigenvalue weighted by Gasteiger charge is -2.30. The topological polar surface area (TPSA) is 38.7 Å². The molecule has 0 aromatic heterocycles. The molecule has 1 unspecified atom stereocenters. The summed E-state index contributed by atoms with van der Waals surface area (Å²) in [6, 6.07) is 1.91. The number of hydrogen-bond acceptors (Lipinski definition) is 3. The van der Waals surface area contributed by atoms with Gasteiger partial charge in [0, 0.05) is 11.1 Å². The van der Waals surface area contributed by atoms with E-state index >= 15 is 0 Å². The Balaban J connectivity index is 2.71. The van der Waals surface area contributed by atoms with Crippen molar-refractivity contribution >= 4 is 15.9 Å². The van der Waals surface area contributed by atoms with Crippen LogP contribution in [0.3, 0.4) is 0 Å². The average Bonchev–Trinajstić information content (AvgIpc) is 2.32. The zero-order chi connectivity index (χ0) is 12.6. The summed E-state index contributed by atoms with van der Waals surface area (Å²) in [5.41, 5.74) is 1.95. The fourth-order valence-electron chi connectivity index (χ4n) is 2.55. The van der Waals surface area contributed by atoms with Crippen LogP contribution in [0.25, 0.3) is 0 Å². The van der Waals surface area contributed by atoms with E-state index in [0.29, 0.717) is 5.92 Å². The molecule has 0 bridgehead atoms. The maximum atomic E-state index is 10.2. The second-order valence-corrected chi connectivity index (χ2v) is 5.27. The SMILES string of the molecule is COc1cc(Br)c(OC)c2c1C(C)CC[C@@H]2O. The van der Waals surface area contributed by atoms with Gasteiger partial charge in [0.15, 0.2) is 0 Å². The number of fused-ring (bicyclic) bond motifs is 1. The van der Waals surface area contributed by atoms with Gasteiger partial charge in [0.2, 0.25) is 0 Å². The summed E-state index contributed by atoms with van der Waals surface area (Å²) in [6.07, 6.45) is 1.27. The molecule has 1 aliphatic carbocycles. The van der Waals surface area contributed by atoms with E-state index in [1.165, 1.54) is 0 Å². The number of methoxy groups -OCH3 is 2. The first-order chi connectivity index (χ1) is 8.10. The first kappa shape index (κ1) is 12.7. The second-order valence-electron chi connectivity index (χ2n) is 4.42. The summed E-state index contributed by atoms with van der Waals surface area (Å²) in [5.74, 6) is 1.92. The van der Waals surface area contributed by atoms with Crippen LogP contribution in [0.1, 0.15) is 42.9 Å². The van der Waals surface area contributed by atoms with Gasteiger partial charge in [-0.3, -0.25) is 0 Å². The predicted molar refractivity (Wildman–Crippen MR) is 69.9 cm³/mol. The Bertz CT molecular complexity index is 431. The summed E-state index contributed by atoms with van der Waals surface area (Å²) >= 11 is 3.46. The van der Waals surface area contributed by atoms with Crippen molar-refractivity contribution in [3.8, 4) is 11.5 Å². The lowest BCUT2D eigenvalue weighted by molar-refractivity contribution is 0.146. The van der Waals surface area contributed by atoms with Gasteiger partial charge in [0.1, 0.15) is 11.5 Å². The highest BCUT2D eigenvalue weighted by atomic mass is 79.9. The van der Waals surface area contributed by atoms with E-state index in [0.717, 1.165) is 39.9 Å². The van der Waals surface area contributed by atoms with Crippen molar-refractivity contribution in [3.05, 3.63) is 21.7 Å². The largest absolute Gasteiger partial charge is 0.496 e. The third-order valence-electron chi connectivity index (χ3n) is 3.40. The molecule has 2 rings (SSSR count). The number of rotatable bonds is 2. The first-order valence-electron chi connectivity index (χ1n) is 5.72. The molecule has 1 aliphatic rings. The minimum absolute atomic E-state index is 0.380. The summed E-state index contributed by atoms with van der Waals surface area (Å²) in [7, 11) is 3.28. The van der Waals surface area contributed by atoms with Crippen molar-refractivity contribution in [2.75, 3.05) is 14.2 Å². The van der Waals surface area contributed by atoms with Gasteiger partial charge in [-0.05, 0) is 40.8 Å². The lowest BCUT2D eigenvalue weighted by Crippen LogP contribution is -2.15. The average molecular weight is 301 g/mol. The molecule has 1 aromatic carbocycles. The predicted octanol–water partition coefficient (Wildman–Crippen LogP) is 3.40. The lowest BCUT2D eigenvalue weighted by atomic mass is 9.81. The van der Waals surface area contributed by atoms with Crippen molar-refractivity contribution in [2.24, 2.45) is 0 Å². The normalized spacial score (nSPS) is 23.1. The van der Waals surface area contributed by atoms with Gasteiger partial charge in [-0.25, -0.2) is 0 Å². The van der Waals surface area contributed by atoms with Crippen LogP contribution in [-0.4, -0.2) is 19.3 Å². The number of benzene rings is 1. The molecular weight excluding hydrogens is 284 g/mol. The molecule has 0 fully saturated rings. The molecule has 0 amide bonds. The van der Waals surface area contributed by atoms with Crippen molar-refractivity contribution < 1.29 is 14.6 Å². The van der Waals surface area contributed by atoms with Crippen LogP contribution >= 0.6 is 15.9 Å². The highest BCUT2D eigenvalue weighted by Gasteiger charge is 2.31. The van der Waals surface area contributed by atoms with Crippen molar-refractivity contribution in [2.45, 2.75) is 31.8 Å². The monoisotopic (exact) mass is 300 g/mol. The molecule has 0 saturated carbocycles. The molecule has 0 aliphatic heterocycles. The zero-order valence-electron chi connectivity index (χ0n) is 10.3. The molecule has 3 nitrogen and oxygen atoms in total. The molecule has 17 heavy (non-hydrogen) atoms.